The standard InChI is InChI=1S/C15H21NO3/c1-18-12-8-11(9-13(10-12)19-2)15(17)5-7-16-6-3-4-14(15)16/h8-10,14,17H,3-7H2,1-2H3. The minimum Gasteiger partial charge on any atom is -0.497 e. The van der Waals surface area contributed by atoms with Crippen molar-refractivity contribution in [1.82, 2.24) is 4.90 Å². The average molecular weight is 263 g/mol. The van der Waals surface area contributed by atoms with Gasteiger partial charge in [0.1, 0.15) is 17.1 Å². The number of hydrogen-bond donors (Lipinski definition) is 1. The van der Waals surface area contributed by atoms with E-state index < -0.39 is 5.60 Å². The van der Waals surface area contributed by atoms with E-state index in [9.17, 15) is 5.11 Å². The van der Waals surface area contributed by atoms with Crippen LogP contribution in [0, 0.1) is 0 Å². The van der Waals surface area contributed by atoms with Crippen LogP contribution in [0.25, 0.3) is 0 Å². The Morgan fingerprint density at radius 2 is 1.84 bits per heavy atom. The highest BCUT2D eigenvalue weighted by Gasteiger charge is 2.49. The second-order valence-electron chi connectivity index (χ2n) is 5.47. The summed E-state index contributed by atoms with van der Waals surface area (Å²) in [5, 5.41) is 11.1. The van der Waals surface area contributed by atoms with Crippen LogP contribution < -0.4 is 9.47 Å². The van der Waals surface area contributed by atoms with Crippen LogP contribution in [0.2, 0.25) is 0 Å². The molecule has 0 saturated carbocycles. The molecule has 3 rings (SSSR count). The van der Waals surface area contributed by atoms with Crippen molar-refractivity contribution < 1.29 is 14.6 Å². The van der Waals surface area contributed by atoms with Gasteiger partial charge in [0.05, 0.1) is 14.2 Å². The Hall–Kier alpha value is -1.26. The van der Waals surface area contributed by atoms with Gasteiger partial charge in [0.15, 0.2) is 0 Å². The first-order valence-electron chi connectivity index (χ1n) is 6.87. The first kappa shape index (κ1) is 12.8. The van der Waals surface area contributed by atoms with Gasteiger partial charge in [-0.25, -0.2) is 0 Å². The van der Waals surface area contributed by atoms with Crippen molar-refractivity contribution in [3.8, 4) is 11.5 Å². The van der Waals surface area contributed by atoms with Gasteiger partial charge in [-0.05, 0) is 43.5 Å². The summed E-state index contributed by atoms with van der Waals surface area (Å²) in [6.07, 6.45) is 3.03. The van der Waals surface area contributed by atoms with Gasteiger partial charge in [0.2, 0.25) is 0 Å². The second kappa shape index (κ2) is 4.69. The van der Waals surface area contributed by atoms with Gasteiger partial charge in [-0.1, -0.05) is 0 Å². The minimum atomic E-state index is -0.766. The third-order valence-corrected chi connectivity index (χ3v) is 4.55. The van der Waals surface area contributed by atoms with E-state index in [1.807, 2.05) is 18.2 Å². The molecule has 0 radical (unpaired) electrons. The Balaban J connectivity index is 2.00. The van der Waals surface area contributed by atoms with Crippen molar-refractivity contribution in [2.24, 2.45) is 0 Å². The number of rotatable bonds is 3. The Labute approximate surface area is 113 Å². The fourth-order valence-corrected chi connectivity index (χ4v) is 3.51. The molecule has 0 amide bonds. The molecule has 0 aromatic heterocycles. The molecule has 4 nitrogen and oxygen atoms in total. The van der Waals surface area contributed by atoms with Gasteiger partial charge in [-0.2, -0.15) is 0 Å². The monoisotopic (exact) mass is 263 g/mol. The van der Waals surface area contributed by atoms with Crippen LogP contribution in [-0.4, -0.2) is 43.4 Å². The van der Waals surface area contributed by atoms with Crippen LogP contribution in [0.5, 0.6) is 11.5 Å². The fourth-order valence-electron chi connectivity index (χ4n) is 3.51. The molecule has 2 fully saturated rings. The fraction of sp³-hybridized carbons (Fsp3) is 0.600. The first-order valence-corrected chi connectivity index (χ1v) is 6.87. The maximum absolute atomic E-state index is 11.1. The molecule has 1 N–H and O–H groups in total. The topological polar surface area (TPSA) is 41.9 Å². The summed E-state index contributed by atoms with van der Waals surface area (Å²) in [7, 11) is 3.28. The number of aliphatic hydroxyl groups is 1. The Kier molecular flexibility index (Phi) is 3.15. The molecule has 2 atom stereocenters. The second-order valence-corrected chi connectivity index (χ2v) is 5.47. The molecular weight excluding hydrogens is 242 g/mol. The van der Waals surface area contributed by atoms with Crippen LogP contribution in [0.15, 0.2) is 18.2 Å². The van der Waals surface area contributed by atoms with E-state index in [0.29, 0.717) is 0 Å². The van der Waals surface area contributed by atoms with E-state index in [4.69, 9.17) is 9.47 Å². The Morgan fingerprint density at radius 3 is 2.47 bits per heavy atom. The summed E-state index contributed by atoms with van der Waals surface area (Å²) in [5.74, 6) is 1.47. The number of hydrogen-bond acceptors (Lipinski definition) is 4. The lowest BCUT2D eigenvalue weighted by atomic mass is 9.85. The normalized spacial score (nSPS) is 30.4. The number of methoxy groups -OCH3 is 2. The number of fused-ring (bicyclic) bond motifs is 1. The molecule has 2 aliphatic rings. The highest BCUT2D eigenvalue weighted by Crippen LogP contribution is 2.44. The van der Waals surface area contributed by atoms with Crippen LogP contribution in [0.4, 0.5) is 0 Å². The third-order valence-electron chi connectivity index (χ3n) is 4.55. The van der Waals surface area contributed by atoms with Crippen molar-refractivity contribution in [1.29, 1.82) is 0 Å². The summed E-state index contributed by atoms with van der Waals surface area (Å²) in [4.78, 5) is 2.39. The van der Waals surface area contributed by atoms with Crippen molar-refractivity contribution in [3.05, 3.63) is 23.8 Å². The van der Waals surface area contributed by atoms with Gasteiger partial charge in [0, 0.05) is 18.7 Å². The molecule has 19 heavy (non-hydrogen) atoms. The molecule has 0 bridgehead atoms. The maximum atomic E-state index is 11.1. The van der Waals surface area contributed by atoms with Crippen LogP contribution in [0.3, 0.4) is 0 Å². The van der Waals surface area contributed by atoms with Gasteiger partial charge >= 0.3 is 0 Å². The number of ether oxygens (including phenoxy) is 2. The first-order chi connectivity index (χ1) is 9.17. The molecule has 0 aliphatic carbocycles. The van der Waals surface area contributed by atoms with Gasteiger partial charge in [-0.15, -0.1) is 0 Å². The SMILES string of the molecule is COc1cc(OC)cc(C2(O)CCN3CCCC32)c1. The molecule has 2 aliphatic heterocycles. The lowest BCUT2D eigenvalue weighted by Crippen LogP contribution is -2.38. The molecule has 104 valence electrons. The molecular formula is C15H21NO3. The predicted octanol–water partition coefficient (Wildman–Crippen LogP) is 1.76. The minimum absolute atomic E-state index is 0.240. The van der Waals surface area contributed by atoms with E-state index in [1.54, 1.807) is 14.2 Å². The van der Waals surface area contributed by atoms with E-state index >= 15 is 0 Å². The Bertz CT molecular complexity index is 454. The number of benzene rings is 1. The Morgan fingerprint density at radius 1 is 1.16 bits per heavy atom. The quantitative estimate of drug-likeness (QED) is 0.902. The highest BCUT2D eigenvalue weighted by atomic mass is 16.5. The summed E-state index contributed by atoms with van der Waals surface area (Å²) in [6, 6.07) is 5.95. The van der Waals surface area contributed by atoms with Crippen LogP contribution in [-0.2, 0) is 5.60 Å². The summed E-state index contributed by atoms with van der Waals surface area (Å²) >= 11 is 0. The molecule has 1 aromatic carbocycles. The van der Waals surface area contributed by atoms with E-state index in [2.05, 4.69) is 4.90 Å². The van der Waals surface area contributed by atoms with E-state index in [0.717, 1.165) is 43.0 Å². The lowest BCUT2D eigenvalue weighted by molar-refractivity contribution is 0.00903. The van der Waals surface area contributed by atoms with Gasteiger partial charge < -0.3 is 14.6 Å². The summed E-state index contributed by atoms with van der Waals surface area (Å²) < 4.78 is 10.6. The molecule has 0 spiro atoms. The van der Waals surface area contributed by atoms with Crippen molar-refractivity contribution in [2.45, 2.75) is 30.9 Å². The highest BCUT2D eigenvalue weighted by molar-refractivity contribution is 5.42. The maximum Gasteiger partial charge on any atom is 0.122 e. The molecule has 2 unspecified atom stereocenters. The zero-order chi connectivity index (χ0) is 13.5. The van der Waals surface area contributed by atoms with Crippen LogP contribution in [0.1, 0.15) is 24.8 Å². The van der Waals surface area contributed by atoms with Crippen molar-refractivity contribution in [2.75, 3.05) is 27.3 Å². The van der Waals surface area contributed by atoms with Gasteiger partial charge in [0.25, 0.3) is 0 Å². The van der Waals surface area contributed by atoms with Gasteiger partial charge in [-0.3, -0.25) is 4.90 Å². The smallest absolute Gasteiger partial charge is 0.122 e. The van der Waals surface area contributed by atoms with Crippen molar-refractivity contribution in [3.63, 3.8) is 0 Å². The van der Waals surface area contributed by atoms with Crippen molar-refractivity contribution >= 4 is 0 Å². The van der Waals surface area contributed by atoms with Crippen LogP contribution >= 0.6 is 0 Å². The molecule has 1 aromatic rings. The van der Waals surface area contributed by atoms with E-state index in [-0.39, 0.29) is 6.04 Å². The number of nitrogens with zero attached hydrogens (tertiary/aromatic N) is 1. The third kappa shape index (κ3) is 1.99. The average Bonchev–Trinajstić information content (AvgIpc) is 3.03. The molecule has 2 heterocycles. The van der Waals surface area contributed by atoms with E-state index in [1.165, 1.54) is 6.42 Å². The zero-order valence-electron chi connectivity index (χ0n) is 11.6. The zero-order valence-corrected chi connectivity index (χ0v) is 11.6. The molecule has 4 heteroatoms. The lowest BCUT2D eigenvalue weighted by Gasteiger charge is -2.31. The summed E-state index contributed by atoms with van der Waals surface area (Å²) in [5.41, 5.74) is 0.149. The largest absolute Gasteiger partial charge is 0.497 e. The molecule has 2 saturated heterocycles. The summed E-state index contributed by atoms with van der Waals surface area (Å²) in [6.45, 7) is 2.08. The predicted molar refractivity (Wildman–Crippen MR) is 72.7 cm³/mol.